The summed E-state index contributed by atoms with van der Waals surface area (Å²) >= 11 is 0. The van der Waals surface area contributed by atoms with Gasteiger partial charge in [-0.3, -0.25) is 0 Å². The summed E-state index contributed by atoms with van der Waals surface area (Å²) < 4.78 is 13.6. The minimum atomic E-state index is -0.0434. The van der Waals surface area contributed by atoms with Gasteiger partial charge in [-0.1, -0.05) is 36.4 Å². The van der Waals surface area contributed by atoms with Crippen molar-refractivity contribution >= 4 is 10.9 Å². The number of hydrogen-bond acceptors (Lipinski definition) is 3. The summed E-state index contributed by atoms with van der Waals surface area (Å²) in [6.45, 7) is 1.46. The Morgan fingerprint density at radius 3 is 2.71 bits per heavy atom. The maximum absolute atomic E-state index is 5.93. The van der Waals surface area contributed by atoms with Crippen molar-refractivity contribution in [3.05, 3.63) is 60.3 Å². The predicted octanol–water partition coefficient (Wildman–Crippen LogP) is 4.11. The Bertz CT molecular complexity index is 792. The van der Waals surface area contributed by atoms with Gasteiger partial charge in [-0.15, -0.1) is 0 Å². The van der Waals surface area contributed by atoms with E-state index in [2.05, 4.69) is 30.3 Å². The van der Waals surface area contributed by atoms with E-state index in [1.807, 2.05) is 28.9 Å². The average molecular weight is 322 g/mol. The molecule has 1 aromatic heterocycles. The second kappa shape index (κ2) is 7.16. The number of rotatable bonds is 5. The molecule has 4 heteroatoms. The van der Waals surface area contributed by atoms with Crippen molar-refractivity contribution in [3.8, 4) is 5.69 Å². The van der Waals surface area contributed by atoms with Crippen molar-refractivity contribution in [1.29, 1.82) is 0 Å². The molecule has 4 nitrogen and oxygen atoms in total. The number of para-hydroxylation sites is 1. The Morgan fingerprint density at radius 1 is 1.04 bits per heavy atom. The molecular formula is C20H22N2O2. The van der Waals surface area contributed by atoms with Crippen molar-refractivity contribution in [1.82, 2.24) is 9.78 Å². The van der Waals surface area contributed by atoms with Gasteiger partial charge < -0.3 is 9.47 Å². The number of fused-ring (bicyclic) bond motifs is 1. The highest BCUT2D eigenvalue weighted by atomic mass is 16.7. The first kappa shape index (κ1) is 15.4. The van der Waals surface area contributed by atoms with Gasteiger partial charge in [0, 0.05) is 18.4 Å². The third-order valence-corrected chi connectivity index (χ3v) is 4.46. The second-order valence-electron chi connectivity index (χ2n) is 6.13. The zero-order chi connectivity index (χ0) is 16.2. The van der Waals surface area contributed by atoms with Crippen LogP contribution in [0.4, 0.5) is 0 Å². The van der Waals surface area contributed by atoms with Gasteiger partial charge in [-0.25, -0.2) is 4.68 Å². The van der Waals surface area contributed by atoms with E-state index in [4.69, 9.17) is 14.6 Å². The molecule has 4 rings (SSSR count). The van der Waals surface area contributed by atoms with E-state index in [-0.39, 0.29) is 6.29 Å². The van der Waals surface area contributed by atoms with Crippen LogP contribution in [0.15, 0.2) is 54.6 Å². The van der Waals surface area contributed by atoms with E-state index >= 15 is 0 Å². The third-order valence-electron chi connectivity index (χ3n) is 4.46. The Balaban J connectivity index is 1.58. The maximum Gasteiger partial charge on any atom is 0.157 e. The molecule has 2 aromatic carbocycles. The van der Waals surface area contributed by atoms with Crippen molar-refractivity contribution < 1.29 is 9.47 Å². The van der Waals surface area contributed by atoms with E-state index in [0.717, 1.165) is 37.1 Å². The molecule has 1 unspecified atom stereocenters. The molecule has 2 heterocycles. The molecule has 0 aliphatic carbocycles. The molecule has 24 heavy (non-hydrogen) atoms. The summed E-state index contributed by atoms with van der Waals surface area (Å²) in [7, 11) is 0. The summed E-state index contributed by atoms with van der Waals surface area (Å²) in [4.78, 5) is 0. The van der Waals surface area contributed by atoms with Crippen LogP contribution in [-0.2, 0) is 15.9 Å². The van der Waals surface area contributed by atoms with Crippen molar-refractivity contribution in [3.63, 3.8) is 0 Å². The lowest BCUT2D eigenvalue weighted by Gasteiger charge is -2.22. The number of benzene rings is 2. The van der Waals surface area contributed by atoms with E-state index < -0.39 is 0 Å². The molecule has 0 spiro atoms. The van der Waals surface area contributed by atoms with Crippen LogP contribution in [0.2, 0.25) is 0 Å². The highest BCUT2D eigenvalue weighted by Crippen LogP contribution is 2.23. The lowest BCUT2D eigenvalue weighted by molar-refractivity contribution is -0.161. The first-order chi connectivity index (χ1) is 11.9. The number of ether oxygens (including phenoxy) is 2. The van der Waals surface area contributed by atoms with Crippen LogP contribution in [0.1, 0.15) is 25.0 Å². The Morgan fingerprint density at radius 2 is 1.88 bits per heavy atom. The molecule has 1 atom stereocenters. The fourth-order valence-electron chi connectivity index (χ4n) is 3.24. The van der Waals surface area contributed by atoms with Crippen LogP contribution in [0.25, 0.3) is 16.6 Å². The molecule has 1 saturated heterocycles. The largest absolute Gasteiger partial charge is 0.353 e. The second-order valence-corrected chi connectivity index (χ2v) is 6.13. The zero-order valence-electron chi connectivity index (χ0n) is 13.7. The fraction of sp³-hybridized carbons (Fsp3) is 0.350. The number of aromatic nitrogens is 2. The molecule has 1 fully saturated rings. The lowest BCUT2D eigenvalue weighted by atomic mass is 10.1. The normalized spacial score (nSPS) is 18.1. The zero-order valence-corrected chi connectivity index (χ0v) is 13.7. The van der Waals surface area contributed by atoms with Gasteiger partial charge in [0.2, 0.25) is 0 Å². The Hall–Kier alpha value is -2.17. The smallest absolute Gasteiger partial charge is 0.157 e. The quantitative estimate of drug-likeness (QED) is 0.709. The van der Waals surface area contributed by atoms with Gasteiger partial charge in [-0.05, 0) is 37.5 Å². The summed E-state index contributed by atoms with van der Waals surface area (Å²) in [5.41, 5.74) is 3.29. The molecule has 1 aliphatic heterocycles. The van der Waals surface area contributed by atoms with Crippen LogP contribution in [0, 0.1) is 0 Å². The summed E-state index contributed by atoms with van der Waals surface area (Å²) in [6.07, 6.45) is 4.10. The van der Waals surface area contributed by atoms with Gasteiger partial charge >= 0.3 is 0 Å². The fourth-order valence-corrected chi connectivity index (χ4v) is 3.24. The van der Waals surface area contributed by atoms with E-state index in [1.54, 1.807) is 0 Å². The molecule has 0 amide bonds. The summed E-state index contributed by atoms with van der Waals surface area (Å²) in [5.74, 6) is 0. The van der Waals surface area contributed by atoms with Gasteiger partial charge in [-0.2, -0.15) is 5.10 Å². The van der Waals surface area contributed by atoms with Crippen LogP contribution in [-0.4, -0.2) is 29.3 Å². The van der Waals surface area contributed by atoms with Crippen LogP contribution in [0.3, 0.4) is 0 Å². The molecular weight excluding hydrogens is 300 g/mol. The molecule has 1 aliphatic rings. The minimum absolute atomic E-state index is 0.0434. The number of nitrogens with zero attached hydrogens (tertiary/aromatic N) is 2. The van der Waals surface area contributed by atoms with E-state index in [9.17, 15) is 0 Å². The van der Waals surface area contributed by atoms with Crippen LogP contribution < -0.4 is 0 Å². The van der Waals surface area contributed by atoms with Gasteiger partial charge in [0.05, 0.1) is 23.5 Å². The van der Waals surface area contributed by atoms with E-state index in [0.29, 0.717) is 6.61 Å². The van der Waals surface area contributed by atoms with Crippen LogP contribution >= 0.6 is 0 Å². The van der Waals surface area contributed by atoms with E-state index in [1.165, 1.54) is 17.5 Å². The summed E-state index contributed by atoms with van der Waals surface area (Å²) in [6, 6.07) is 18.6. The molecule has 0 bridgehead atoms. The standard InChI is InChI=1S/C20H22N2O2/c1-2-8-16(9-3-1)22-19(17-10-4-5-11-18(17)21-22)13-15-24-20-12-6-7-14-23-20/h1-5,8-11,20H,6-7,12-15H2. The molecule has 0 saturated carbocycles. The summed E-state index contributed by atoms with van der Waals surface area (Å²) in [5, 5.41) is 5.97. The lowest BCUT2D eigenvalue weighted by Crippen LogP contribution is -2.23. The van der Waals surface area contributed by atoms with Crippen LogP contribution in [0.5, 0.6) is 0 Å². The molecule has 124 valence electrons. The Labute approximate surface area is 142 Å². The van der Waals surface area contributed by atoms with Crippen molar-refractivity contribution in [2.75, 3.05) is 13.2 Å². The van der Waals surface area contributed by atoms with Crippen molar-refractivity contribution in [2.24, 2.45) is 0 Å². The highest BCUT2D eigenvalue weighted by Gasteiger charge is 2.16. The van der Waals surface area contributed by atoms with Gasteiger partial charge in [0.15, 0.2) is 6.29 Å². The first-order valence-electron chi connectivity index (χ1n) is 8.67. The maximum atomic E-state index is 5.93. The Kier molecular flexibility index (Phi) is 4.58. The molecule has 0 radical (unpaired) electrons. The van der Waals surface area contributed by atoms with Gasteiger partial charge in [0.25, 0.3) is 0 Å². The molecule has 0 N–H and O–H groups in total. The topological polar surface area (TPSA) is 36.3 Å². The predicted molar refractivity (Wildman–Crippen MR) is 94.3 cm³/mol. The highest BCUT2D eigenvalue weighted by molar-refractivity contribution is 5.82. The van der Waals surface area contributed by atoms with Crippen molar-refractivity contribution in [2.45, 2.75) is 32.0 Å². The average Bonchev–Trinajstić information content (AvgIpc) is 3.02. The first-order valence-corrected chi connectivity index (χ1v) is 8.67. The van der Waals surface area contributed by atoms with Gasteiger partial charge in [0.1, 0.15) is 0 Å². The minimum Gasteiger partial charge on any atom is -0.353 e. The number of hydrogen-bond donors (Lipinski definition) is 0. The molecule has 3 aromatic rings. The monoisotopic (exact) mass is 322 g/mol. The SMILES string of the molecule is c1ccc(-n2nc3ccccc3c2CCOC2CCCCO2)cc1. The third kappa shape index (κ3) is 3.21.